The summed E-state index contributed by atoms with van der Waals surface area (Å²) in [6.45, 7) is 3.53. The average molecular weight is 556 g/mol. The molecule has 2 atom stereocenters. The van der Waals surface area contributed by atoms with Crippen molar-refractivity contribution in [3.8, 4) is 0 Å². The third-order valence-corrected chi connectivity index (χ3v) is 7.68. The smallest absolute Gasteiger partial charge is 0.416 e. The Morgan fingerprint density at radius 1 is 0.949 bits per heavy atom. The van der Waals surface area contributed by atoms with Gasteiger partial charge in [-0.3, -0.25) is 4.90 Å². The predicted octanol–water partition coefficient (Wildman–Crippen LogP) is 7.58. The van der Waals surface area contributed by atoms with E-state index in [1.807, 2.05) is 6.07 Å². The summed E-state index contributed by atoms with van der Waals surface area (Å²) in [7, 11) is 0. The summed E-state index contributed by atoms with van der Waals surface area (Å²) in [4.78, 5) is 26.3. The number of carbonyl (C=O) groups excluding carboxylic acids is 2. The fraction of sp³-hybridized carbons (Fsp3) is 0.517. The number of hydrogen-bond donors (Lipinski definition) is 0. The fourth-order valence-electron chi connectivity index (χ4n) is 5.40. The number of alkyl halides is 6. The number of benzene rings is 2. The van der Waals surface area contributed by atoms with Crippen molar-refractivity contribution in [2.24, 2.45) is 5.92 Å². The van der Waals surface area contributed by atoms with E-state index in [1.165, 1.54) is 6.92 Å². The van der Waals surface area contributed by atoms with Crippen LogP contribution in [0.1, 0.15) is 90.5 Å². The van der Waals surface area contributed by atoms with Crippen LogP contribution in [0, 0.1) is 5.92 Å². The van der Waals surface area contributed by atoms with Crippen molar-refractivity contribution >= 4 is 11.8 Å². The van der Waals surface area contributed by atoms with Crippen LogP contribution in [0.15, 0.2) is 42.5 Å². The second kappa shape index (κ2) is 11.3. The third-order valence-electron chi connectivity index (χ3n) is 7.68. The molecule has 10 heteroatoms. The van der Waals surface area contributed by atoms with Crippen molar-refractivity contribution in [1.29, 1.82) is 0 Å². The minimum Gasteiger partial charge on any atom is -0.459 e. The summed E-state index contributed by atoms with van der Waals surface area (Å²) in [6, 6.07) is 7.68. The molecule has 1 aliphatic heterocycles. The van der Waals surface area contributed by atoms with E-state index in [4.69, 9.17) is 4.74 Å². The predicted molar refractivity (Wildman–Crippen MR) is 132 cm³/mol. The van der Waals surface area contributed by atoms with E-state index in [9.17, 15) is 35.9 Å². The monoisotopic (exact) mass is 555 g/mol. The lowest BCUT2D eigenvalue weighted by atomic mass is 9.88. The molecular formula is C29H31F6NO3. The number of nitrogens with zero attached hydrogens (tertiary/aromatic N) is 1. The Balaban J connectivity index is 1.41. The highest BCUT2D eigenvalue weighted by Gasteiger charge is 2.39. The molecule has 1 unspecified atom stereocenters. The summed E-state index contributed by atoms with van der Waals surface area (Å²) in [6.07, 6.45) is -6.83. The van der Waals surface area contributed by atoms with Crippen LogP contribution in [-0.2, 0) is 21.9 Å². The van der Waals surface area contributed by atoms with Gasteiger partial charge in [0.15, 0.2) is 0 Å². The number of esters is 1. The maximum Gasteiger partial charge on any atom is 0.416 e. The fourth-order valence-corrected chi connectivity index (χ4v) is 5.40. The van der Waals surface area contributed by atoms with E-state index < -0.39 is 47.2 Å². The van der Waals surface area contributed by atoms with Gasteiger partial charge in [-0.2, -0.15) is 26.3 Å². The Morgan fingerprint density at radius 2 is 1.62 bits per heavy atom. The van der Waals surface area contributed by atoms with E-state index in [0.717, 1.165) is 18.4 Å². The molecule has 0 bridgehead atoms. The van der Waals surface area contributed by atoms with E-state index in [2.05, 4.69) is 0 Å². The Morgan fingerprint density at radius 3 is 2.18 bits per heavy atom. The molecule has 2 aliphatic rings. The molecule has 39 heavy (non-hydrogen) atoms. The molecule has 1 aliphatic carbocycles. The Bertz CT molecular complexity index is 1200. The molecule has 1 saturated carbocycles. The molecule has 0 radical (unpaired) electrons. The van der Waals surface area contributed by atoms with Gasteiger partial charge < -0.3 is 9.53 Å². The standard InChI is InChI=1S/C29H31F6NO3/c1-17(37)14-25(19-6-7-19)20-4-3-5-21(15-20)27(38)39-23-10-12-36(13-11-23)18(2)24-16-22(28(30,31)32)8-9-26(24)29(33,34)35/h3-5,8-9,15-16,18-19,23,25H,6-7,10-14H2,1-2H3/t18?,25-/m0/s1. The molecule has 4 rings (SSSR count). The van der Waals surface area contributed by atoms with E-state index in [1.54, 1.807) is 30.0 Å². The lowest BCUT2D eigenvalue weighted by Crippen LogP contribution is -2.39. The maximum atomic E-state index is 13.6. The van der Waals surface area contributed by atoms with Gasteiger partial charge in [0.1, 0.15) is 11.9 Å². The number of halogens is 6. The first-order valence-corrected chi connectivity index (χ1v) is 13.1. The zero-order valence-corrected chi connectivity index (χ0v) is 21.7. The number of likely N-dealkylation sites (tertiary alicyclic amines) is 1. The number of carbonyl (C=O) groups is 2. The normalized spacial score (nSPS) is 19.0. The van der Waals surface area contributed by atoms with Crippen LogP contribution >= 0.6 is 0 Å². The third kappa shape index (κ3) is 7.21. The van der Waals surface area contributed by atoms with E-state index >= 15 is 0 Å². The first-order valence-electron chi connectivity index (χ1n) is 13.1. The zero-order valence-electron chi connectivity index (χ0n) is 21.7. The Kier molecular flexibility index (Phi) is 8.44. The Hall–Kier alpha value is -2.88. The van der Waals surface area contributed by atoms with Gasteiger partial charge in [0.25, 0.3) is 0 Å². The number of rotatable bonds is 8. The number of ether oxygens (including phenoxy) is 1. The largest absolute Gasteiger partial charge is 0.459 e. The first-order chi connectivity index (χ1) is 18.2. The SMILES string of the molecule is CC(=O)C[C@H](c1cccc(C(=O)OC2CCN(C(C)c3cc(C(F)(F)F)ccc3C(F)(F)F)CC2)c1)C1CC1. The second-order valence-electron chi connectivity index (χ2n) is 10.6. The topological polar surface area (TPSA) is 46.6 Å². The van der Waals surface area contributed by atoms with Crippen LogP contribution < -0.4 is 0 Å². The van der Waals surface area contributed by atoms with Crippen molar-refractivity contribution < 1.29 is 40.7 Å². The van der Waals surface area contributed by atoms with Gasteiger partial charge in [-0.05, 0) is 92.8 Å². The van der Waals surface area contributed by atoms with E-state index in [0.29, 0.717) is 48.9 Å². The zero-order chi connectivity index (χ0) is 28.5. The molecule has 0 N–H and O–H groups in total. The summed E-state index contributed by atoms with van der Waals surface area (Å²) < 4.78 is 86.1. The molecule has 2 aromatic rings. The van der Waals surface area contributed by atoms with Gasteiger partial charge in [0, 0.05) is 25.6 Å². The van der Waals surface area contributed by atoms with Gasteiger partial charge in [-0.25, -0.2) is 4.79 Å². The number of Topliss-reactive ketones (excluding diaryl/α,β-unsaturated/α-hetero) is 1. The summed E-state index contributed by atoms with van der Waals surface area (Å²) in [5.74, 6) is 0.0740. The molecule has 0 spiro atoms. The number of hydrogen-bond acceptors (Lipinski definition) is 4. The van der Waals surface area contributed by atoms with Crippen molar-refractivity contribution in [2.75, 3.05) is 13.1 Å². The molecule has 4 nitrogen and oxygen atoms in total. The minimum atomic E-state index is -4.79. The van der Waals surface area contributed by atoms with Crippen LogP contribution in [0.2, 0.25) is 0 Å². The summed E-state index contributed by atoms with van der Waals surface area (Å²) in [5.41, 5.74) is -1.36. The molecule has 1 heterocycles. The molecule has 0 amide bonds. The van der Waals surface area contributed by atoms with Crippen LogP contribution in [-0.4, -0.2) is 35.8 Å². The molecule has 2 fully saturated rings. The number of piperidine rings is 1. The molecular weight excluding hydrogens is 524 g/mol. The lowest BCUT2D eigenvalue weighted by Gasteiger charge is -2.37. The maximum absolute atomic E-state index is 13.6. The van der Waals surface area contributed by atoms with Crippen LogP contribution in [0.3, 0.4) is 0 Å². The highest BCUT2D eigenvalue weighted by molar-refractivity contribution is 5.89. The lowest BCUT2D eigenvalue weighted by molar-refractivity contribution is -0.142. The van der Waals surface area contributed by atoms with Gasteiger partial charge in [0.05, 0.1) is 16.7 Å². The van der Waals surface area contributed by atoms with Crippen molar-refractivity contribution in [3.05, 3.63) is 70.3 Å². The van der Waals surface area contributed by atoms with E-state index in [-0.39, 0.29) is 24.8 Å². The van der Waals surface area contributed by atoms with Crippen molar-refractivity contribution in [1.82, 2.24) is 4.90 Å². The summed E-state index contributed by atoms with van der Waals surface area (Å²) >= 11 is 0. The first kappa shape index (κ1) is 29.1. The number of ketones is 1. The van der Waals surface area contributed by atoms with Crippen molar-refractivity contribution in [2.45, 2.75) is 76.4 Å². The molecule has 1 saturated heterocycles. The molecule has 212 valence electrons. The van der Waals surface area contributed by atoms with Gasteiger partial charge in [-0.1, -0.05) is 12.1 Å². The highest BCUT2D eigenvalue weighted by atomic mass is 19.4. The van der Waals surface area contributed by atoms with Gasteiger partial charge in [0.2, 0.25) is 0 Å². The quantitative estimate of drug-likeness (QED) is 0.249. The van der Waals surface area contributed by atoms with Crippen LogP contribution in [0.5, 0.6) is 0 Å². The molecule has 2 aromatic carbocycles. The Labute approximate surface area is 223 Å². The van der Waals surface area contributed by atoms with Gasteiger partial charge >= 0.3 is 18.3 Å². The van der Waals surface area contributed by atoms with Crippen molar-refractivity contribution in [3.63, 3.8) is 0 Å². The molecule has 0 aromatic heterocycles. The summed E-state index contributed by atoms with van der Waals surface area (Å²) in [5, 5.41) is 0. The highest BCUT2D eigenvalue weighted by Crippen LogP contribution is 2.45. The average Bonchev–Trinajstić information content (AvgIpc) is 3.71. The van der Waals surface area contributed by atoms with Gasteiger partial charge in [-0.15, -0.1) is 0 Å². The second-order valence-corrected chi connectivity index (χ2v) is 10.6. The minimum absolute atomic E-state index is 0.0671. The van der Waals surface area contributed by atoms with Crippen LogP contribution in [0.4, 0.5) is 26.3 Å². The van der Waals surface area contributed by atoms with Crippen LogP contribution in [0.25, 0.3) is 0 Å².